The van der Waals surface area contributed by atoms with Crippen molar-refractivity contribution in [3.05, 3.63) is 47.8 Å². The predicted molar refractivity (Wildman–Crippen MR) is 56.1 cm³/mol. The molecule has 0 bridgehead atoms. The first kappa shape index (κ1) is 9.44. The van der Waals surface area contributed by atoms with Crippen molar-refractivity contribution in [2.24, 2.45) is 5.73 Å². The van der Waals surface area contributed by atoms with Gasteiger partial charge in [-0.15, -0.1) is 0 Å². The smallest absolute Gasteiger partial charge is 0.208 e. The van der Waals surface area contributed by atoms with Gasteiger partial charge in [-0.25, -0.2) is 9.83 Å². The van der Waals surface area contributed by atoms with Gasteiger partial charge in [0.2, 0.25) is 5.89 Å². The number of benzene rings is 1. The van der Waals surface area contributed by atoms with Crippen LogP contribution < -0.4 is 5.73 Å². The van der Waals surface area contributed by atoms with Crippen molar-refractivity contribution >= 4 is 5.69 Å². The molecule has 0 aliphatic heterocycles. The normalized spacial score (nSPS) is 9.87. The van der Waals surface area contributed by atoms with Crippen LogP contribution in [0.5, 0.6) is 0 Å². The van der Waals surface area contributed by atoms with E-state index in [1.807, 2.05) is 12.1 Å². The highest BCUT2D eigenvalue weighted by atomic mass is 16.3. The first-order valence-electron chi connectivity index (χ1n) is 4.46. The molecule has 0 unspecified atom stereocenters. The molecule has 0 radical (unpaired) electrons. The summed E-state index contributed by atoms with van der Waals surface area (Å²) < 4.78 is 5.13. The molecule has 15 heavy (non-hydrogen) atoms. The number of hydrogen-bond acceptors (Lipinski definition) is 3. The molecule has 2 rings (SSSR count). The van der Waals surface area contributed by atoms with E-state index >= 15 is 0 Å². The Balaban J connectivity index is 2.33. The molecule has 0 amide bonds. The summed E-state index contributed by atoms with van der Waals surface area (Å²) in [6.07, 6.45) is 1.56. The van der Waals surface area contributed by atoms with Gasteiger partial charge in [-0.1, -0.05) is 24.3 Å². The molecule has 4 nitrogen and oxygen atoms in total. The Morgan fingerprint density at radius 3 is 2.60 bits per heavy atom. The van der Waals surface area contributed by atoms with Crippen LogP contribution in [0, 0.1) is 6.57 Å². The Bertz CT molecular complexity index is 493. The summed E-state index contributed by atoms with van der Waals surface area (Å²) in [4.78, 5) is 7.50. The van der Waals surface area contributed by atoms with Gasteiger partial charge in [0, 0.05) is 5.56 Å². The van der Waals surface area contributed by atoms with E-state index in [0.29, 0.717) is 18.1 Å². The maximum absolute atomic E-state index is 6.83. The molecule has 0 aliphatic rings. The fourth-order valence-electron chi connectivity index (χ4n) is 1.24. The fraction of sp³-hybridized carbons (Fsp3) is 0.0909. The van der Waals surface area contributed by atoms with Gasteiger partial charge in [0.25, 0.3) is 0 Å². The average Bonchev–Trinajstić information content (AvgIpc) is 2.78. The Kier molecular flexibility index (Phi) is 2.48. The van der Waals surface area contributed by atoms with E-state index in [1.54, 1.807) is 18.4 Å². The zero-order valence-electron chi connectivity index (χ0n) is 7.97. The molecule has 0 fully saturated rings. The predicted octanol–water partition coefficient (Wildman–Crippen LogP) is 2.35. The molecular weight excluding hydrogens is 190 g/mol. The van der Waals surface area contributed by atoms with Crippen LogP contribution in [0.15, 0.2) is 34.9 Å². The van der Waals surface area contributed by atoms with E-state index in [1.165, 1.54) is 0 Å². The van der Waals surface area contributed by atoms with Crippen LogP contribution in [0.25, 0.3) is 16.1 Å². The van der Waals surface area contributed by atoms with Crippen molar-refractivity contribution in [2.75, 3.05) is 0 Å². The quantitative estimate of drug-likeness (QED) is 0.755. The second kappa shape index (κ2) is 3.95. The SMILES string of the molecule is [C-]#[N+]c1ccc(-c2coc(CN)n2)cc1. The Hall–Kier alpha value is -2.12. The van der Waals surface area contributed by atoms with Crippen LogP contribution in [0.2, 0.25) is 0 Å². The Morgan fingerprint density at radius 1 is 1.33 bits per heavy atom. The van der Waals surface area contributed by atoms with Gasteiger partial charge in [-0.3, -0.25) is 0 Å². The minimum Gasteiger partial charge on any atom is -0.447 e. The zero-order chi connectivity index (χ0) is 10.7. The number of nitrogens with two attached hydrogens (primary N) is 1. The molecule has 2 N–H and O–H groups in total. The van der Waals surface area contributed by atoms with Crippen molar-refractivity contribution in [2.45, 2.75) is 6.54 Å². The number of aromatic nitrogens is 1. The van der Waals surface area contributed by atoms with Crippen molar-refractivity contribution in [3.63, 3.8) is 0 Å². The van der Waals surface area contributed by atoms with E-state index in [-0.39, 0.29) is 0 Å². The van der Waals surface area contributed by atoms with E-state index in [9.17, 15) is 0 Å². The van der Waals surface area contributed by atoms with Gasteiger partial charge in [0.05, 0.1) is 13.1 Å². The Labute approximate surface area is 87.2 Å². The van der Waals surface area contributed by atoms with Gasteiger partial charge in [-0.2, -0.15) is 0 Å². The highest BCUT2D eigenvalue weighted by Crippen LogP contribution is 2.21. The van der Waals surface area contributed by atoms with Gasteiger partial charge >= 0.3 is 0 Å². The highest BCUT2D eigenvalue weighted by Gasteiger charge is 2.04. The molecule has 1 aromatic carbocycles. The molecule has 0 saturated heterocycles. The summed E-state index contributed by atoms with van der Waals surface area (Å²) in [5, 5.41) is 0. The molecule has 2 aromatic rings. The van der Waals surface area contributed by atoms with Gasteiger partial charge in [-0.05, 0) is 0 Å². The average molecular weight is 199 g/mol. The van der Waals surface area contributed by atoms with Crippen molar-refractivity contribution in [1.82, 2.24) is 4.98 Å². The first-order valence-corrected chi connectivity index (χ1v) is 4.46. The summed E-state index contributed by atoms with van der Waals surface area (Å²) in [5.74, 6) is 0.513. The zero-order valence-corrected chi connectivity index (χ0v) is 7.97. The van der Waals surface area contributed by atoms with Crippen LogP contribution >= 0.6 is 0 Å². The lowest BCUT2D eigenvalue weighted by Crippen LogP contribution is -1.95. The monoisotopic (exact) mass is 199 g/mol. The second-order valence-corrected chi connectivity index (χ2v) is 2.99. The summed E-state index contributed by atoms with van der Waals surface area (Å²) in [7, 11) is 0. The van der Waals surface area contributed by atoms with Gasteiger partial charge < -0.3 is 10.2 Å². The molecular formula is C11H9N3O. The lowest BCUT2D eigenvalue weighted by molar-refractivity contribution is 0.498. The standard InChI is InChI=1S/C11H9N3O/c1-13-9-4-2-8(3-5-9)10-7-15-11(6-12)14-10/h2-5,7H,6,12H2. The maximum Gasteiger partial charge on any atom is 0.208 e. The summed E-state index contributed by atoms with van der Waals surface area (Å²) in [5.41, 5.74) is 7.67. The van der Waals surface area contributed by atoms with Crippen LogP contribution in [0.3, 0.4) is 0 Å². The molecule has 0 atom stereocenters. The lowest BCUT2D eigenvalue weighted by atomic mass is 10.1. The topological polar surface area (TPSA) is 56.4 Å². The summed E-state index contributed by atoms with van der Waals surface area (Å²) >= 11 is 0. The maximum atomic E-state index is 6.83. The van der Waals surface area contributed by atoms with Crippen molar-refractivity contribution in [3.8, 4) is 11.3 Å². The minimum atomic E-state index is 0.292. The molecule has 0 aliphatic carbocycles. The van der Waals surface area contributed by atoms with Crippen LogP contribution in [-0.2, 0) is 6.54 Å². The highest BCUT2D eigenvalue weighted by molar-refractivity contribution is 5.62. The van der Waals surface area contributed by atoms with Crippen LogP contribution in [0.4, 0.5) is 5.69 Å². The number of rotatable bonds is 2. The van der Waals surface area contributed by atoms with E-state index in [0.717, 1.165) is 11.3 Å². The third-order valence-corrected chi connectivity index (χ3v) is 2.02. The number of nitrogens with zero attached hydrogens (tertiary/aromatic N) is 2. The molecule has 4 heteroatoms. The van der Waals surface area contributed by atoms with Gasteiger partial charge in [0.1, 0.15) is 12.0 Å². The third-order valence-electron chi connectivity index (χ3n) is 2.02. The Morgan fingerprint density at radius 2 is 2.07 bits per heavy atom. The molecule has 1 heterocycles. The molecule has 74 valence electrons. The number of oxazole rings is 1. The van der Waals surface area contributed by atoms with E-state index in [4.69, 9.17) is 16.7 Å². The van der Waals surface area contributed by atoms with E-state index in [2.05, 4.69) is 9.83 Å². The van der Waals surface area contributed by atoms with E-state index < -0.39 is 0 Å². The van der Waals surface area contributed by atoms with Crippen molar-refractivity contribution in [1.29, 1.82) is 0 Å². The summed E-state index contributed by atoms with van der Waals surface area (Å²) in [6, 6.07) is 7.18. The summed E-state index contributed by atoms with van der Waals surface area (Å²) in [6.45, 7) is 7.12. The van der Waals surface area contributed by atoms with Crippen LogP contribution in [-0.4, -0.2) is 4.98 Å². The first-order chi connectivity index (χ1) is 7.33. The third kappa shape index (κ3) is 1.87. The molecule has 0 saturated carbocycles. The second-order valence-electron chi connectivity index (χ2n) is 2.99. The fourth-order valence-corrected chi connectivity index (χ4v) is 1.24. The van der Waals surface area contributed by atoms with Crippen LogP contribution in [0.1, 0.15) is 5.89 Å². The lowest BCUT2D eigenvalue weighted by Gasteiger charge is -1.94. The number of hydrogen-bond donors (Lipinski definition) is 1. The molecule has 0 spiro atoms. The largest absolute Gasteiger partial charge is 0.447 e. The van der Waals surface area contributed by atoms with Crippen molar-refractivity contribution < 1.29 is 4.42 Å². The van der Waals surface area contributed by atoms with Gasteiger partial charge in [0.15, 0.2) is 5.69 Å². The molecule has 1 aromatic heterocycles. The minimum absolute atomic E-state index is 0.292.